The average molecular weight is 371 g/mol. The molecule has 0 aliphatic rings. The van der Waals surface area contributed by atoms with E-state index in [1.807, 2.05) is 12.1 Å². The number of nitrogens with zero attached hydrogens (tertiary/aromatic N) is 2. The Kier molecular flexibility index (Phi) is 5.49. The zero-order valence-corrected chi connectivity index (χ0v) is 14.2. The predicted octanol–water partition coefficient (Wildman–Crippen LogP) is 4.02. The fourth-order valence-electron chi connectivity index (χ4n) is 2.64. The summed E-state index contributed by atoms with van der Waals surface area (Å²) in [5.41, 5.74) is 1.85. The smallest absolute Gasteiger partial charge is 0.352 e. The van der Waals surface area contributed by atoms with E-state index in [0.717, 1.165) is 23.3 Å². The Morgan fingerprint density at radius 1 is 1.04 bits per heavy atom. The van der Waals surface area contributed by atoms with Crippen molar-refractivity contribution >= 4 is 5.91 Å². The maximum atomic E-state index is 12.8. The number of benzene rings is 1. The van der Waals surface area contributed by atoms with Gasteiger partial charge in [-0.05, 0) is 35.4 Å². The van der Waals surface area contributed by atoms with Crippen molar-refractivity contribution in [1.82, 2.24) is 15.3 Å². The van der Waals surface area contributed by atoms with E-state index in [1.165, 1.54) is 12.1 Å². The summed E-state index contributed by atoms with van der Waals surface area (Å²) in [6, 6.07) is 12.0. The van der Waals surface area contributed by atoms with Crippen LogP contribution in [0.1, 0.15) is 16.7 Å². The van der Waals surface area contributed by atoms with Crippen LogP contribution in [0.5, 0.6) is 0 Å². The largest absolute Gasteiger partial charge is 0.416 e. The first-order valence-electron chi connectivity index (χ1n) is 8.20. The summed E-state index contributed by atoms with van der Waals surface area (Å²) in [7, 11) is 0. The van der Waals surface area contributed by atoms with Crippen LogP contribution in [0, 0.1) is 0 Å². The average Bonchev–Trinajstić information content (AvgIpc) is 2.67. The van der Waals surface area contributed by atoms with E-state index >= 15 is 0 Å². The number of carbonyl (C=O) groups excluding carboxylic acids is 1. The third-order valence-corrected chi connectivity index (χ3v) is 3.92. The van der Waals surface area contributed by atoms with Gasteiger partial charge in [-0.2, -0.15) is 13.2 Å². The first-order chi connectivity index (χ1) is 12.9. The first kappa shape index (κ1) is 18.6. The van der Waals surface area contributed by atoms with Gasteiger partial charge in [0.15, 0.2) is 0 Å². The second-order valence-corrected chi connectivity index (χ2v) is 5.90. The Labute approximate surface area is 154 Å². The van der Waals surface area contributed by atoms with Crippen molar-refractivity contribution < 1.29 is 18.0 Å². The normalized spacial score (nSPS) is 11.2. The molecule has 1 N–H and O–H groups in total. The highest BCUT2D eigenvalue weighted by Crippen LogP contribution is 2.29. The van der Waals surface area contributed by atoms with Gasteiger partial charge in [-0.1, -0.05) is 24.3 Å². The van der Waals surface area contributed by atoms with Crippen LogP contribution >= 0.6 is 0 Å². The van der Waals surface area contributed by atoms with Crippen LogP contribution in [0.25, 0.3) is 11.3 Å². The molecule has 0 aliphatic carbocycles. The lowest BCUT2D eigenvalue weighted by molar-refractivity contribution is -0.137. The van der Waals surface area contributed by atoms with E-state index in [9.17, 15) is 18.0 Å². The molecule has 27 heavy (non-hydrogen) atoms. The van der Waals surface area contributed by atoms with E-state index in [-0.39, 0.29) is 18.9 Å². The molecule has 0 atom stereocenters. The van der Waals surface area contributed by atoms with Gasteiger partial charge in [-0.25, -0.2) is 0 Å². The van der Waals surface area contributed by atoms with Gasteiger partial charge in [-0.15, -0.1) is 0 Å². The predicted molar refractivity (Wildman–Crippen MR) is 94.5 cm³/mol. The molecule has 1 aromatic carbocycles. The van der Waals surface area contributed by atoms with Crippen LogP contribution in [0.4, 0.5) is 13.2 Å². The molecule has 0 bridgehead atoms. The molecule has 3 aromatic rings. The Balaban J connectivity index is 1.67. The molecule has 2 aromatic heterocycles. The van der Waals surface area contributed by atoms with Crippen LogP contribution in [-0.2, 0) is 23.9 Å². The molecule has 0 saturated heterocycles. The number of amides is 1. The van der Waals surface area contributed by atoms with E-state index in [4.69, 9.17) is 0 Å². The molecule has 7 heteroatoms. The van der Waals surface area contributed by atoms with Crippen molar-refractivity contribution in [2.75, 3.05) is 0 Å². The summed E-state index contributed by atoms with van der Waals surface area (Å²) in [6.07, 6.45) is 0.419. The fourth-order valence-corrected chi connectivity index (χ4v) is 2.64. The SMILES string of the molecule is O=C(Cc1cccc(C(F)(F)F)c1)NCc1cccnc1-c1cccnc1. The Hall–Kier alpha value is -3.22. The topological polar surface area (TPSA) is 54.9 Å². The molecule has 0 saturated carbocycles. The van der Waals surface area contributed by atoms with Gasteiger partial charge in [0.2, 0.25) is 5.91 Å². The minimum Gasteiger partial charge on any atom is -0.352 e. The summed E-state index contributed by atoms with van der Waals surface area (Å²) in [5, 5.41) is 2.74. The molecule has 0 radical (unpaired) electrons. The second-order valence-electron chi connectivity index (χ2n) is 5.90. The number of rotatable bonds is 5. The van der Waals surface area contributed by atoms with Gasteiger partial charge < -0.3 is 5.32 Å². The number of nitrogens with one attached hydrogen (secondary N) is 1. The standard InChI is InChI=1S/C20H16F3N3O/c21-20(22,23)17-7-1-4-14(10-17)11-18(27)26-13-16-6-3-9-25-19(16)15-5-2-8-24-12-15/h1-10,12H,11,13H2,(H,26,27). The van der Waals surface area contributed by atoms with Crippen LogP contribution in [0.2, 0.25) is 0 Å². The van der Waals surface area contributed by atoms with Gasteiger partial charge in [0.25, 0.3) is 0 Å². The van der Waals surface area contributed by atoms with Gasteiger partial charge in [0, 0.05) is 30.7 Å². The maximum Gasteiger partial charge on any atom is 0.416 e. The van der Waals surface area contributed by atoms with Gasteiger partial charge in [0.1, 0.15) is 0 Å². The highest BCUT2D eigenvalue weighted by Gasteiger charge is 2.30. The summed E-state index contributed by atoms with van der Waals surface area (Å²) >= 11 is 0. The lowest BCUT2D eigenvalue weighted by Gasteiger charge is -2.11. The molecule has 4 nitrogen and oxygen atoms in total. The number of hydrogen-bond acceptors (Lipinski definition) is 3. The molecule has 0 unspecified atom stereocenters. The third kappa shape index (κ3) is 4.91. The van der Waals surface area contributed by atoms with E-state index in [2.05, 4.69) is 15.3 Å². The lowest BCUT2D eigenvalue weighted by atomic mass is 10.1. The molecule has 1 amide bonds. The quantitative estimate of drug-likeness (QED) is 0.737. The Bertz CT molecular complexity index is 927. The van der Waals surface area contributed by atoms with E-state index < -0.39 is 11.7 Å². The monoisotopic (exact) mass is 371 g/mol. The molecule has 2 heterocycles. The van der Waals surface area contributed by atoms with Gasteiger partial charge >= 0.3 is 6.18 Å². The number of aromatic nitrogens is 2. The second kappa shape index (κ2) is 7.99. The van der Waals surface area contributed by atoms with Crippen molar-refractivity contribution in [3.8, 4) is 11.3 Å². The molecule has 138 valence electrons. The fraction of sp³-hybridized carbons (Fsp3) is 0.150. The van der Waals surface area contributed by atoms with Gasteiger partial charge in [0.05, 0.1) is 17.7 Å². The van der Waals surface area contributed by atoms with Crippen molar-refractivity contribution in [2.45, 2.75) is 19.1 Å². The van der Waals surface area contributed by atoms with E-state index in [1.54, 1.807) is 30.7 Å². The lowest BCUT2D eigenvalue weighted by Crippen LogP contribution is -2.25. The van der Waals surface area contributed by atoms with Crippen LogP contribution in [0.3, 0.4) is 0 Å². The zero-order chi connectivity index (χ0) is 19.3. The summed E-state index contributed by atoms with van der Waals surface area (Å²) in [5.74, 6) is -0.365. The maximum absolute atomic E-state index is 12.8. The number of carbonyl (C=O) groups is 1. The van der Waals surface area contributed by atoms with Crippen LogP contribution < -0.4 is 5.32 Å². The molecular weight excluding hydrogens is 355 g/mol. The van der Waals surface area contributed by atoms with Crippen LogP contribution in [0.15, 0.2) is 67.1 Å². The van der Waals surface area contributed by atoms with Crippen molar-refractivity contribution in [3.63, 3.8) is 0 Å². The van der Waals surface area contributed by atoms with Gasteiger partial charge in [-0.3, -0.25) is 14.8 Å². The minimum absolute atomic E-state index is 0.133. The Morgan fingerprint density at radius 2 is 1.85 bits per heavy atom. The highest BCUT2D eigenvalue weighted by molar-refractivity contribution is 5.79. The number of pyridine rings is 2. The molecule has 0 spiro atoms. The van der Waals surface area contributed by atoms with Crippen LogP contribution in [-0.4, -0.2) is 15.9 Å². The van der Waals surface area contributed by atoms with Crippen molar-refractivity contribution in [2.24, 2.45) is 0 Å². The summed E-state index contributed by atoms with van der Waals surface area (Å²) in [4.78, 5) is 20.6. The molecule has 3 rings (SSSR count). The molecule has 0 aliphatic heterocycles. The third-order valence-electron chi connectivity index (χ3n) is 3.92. The minimum atomic E-state index is -4.43. The Morgan fingerprint density at radius 3 is 2.59 bits per heavy atom. The number of halogens is 3. The molecule has 0 fully saturated rings. The highest BCUT2D eigenvalue weighted by atomic mass is 19.4. The van der Waals surface area contributed by atoms with Crippen molar-refractivity contribution in [1.29, 1.82) is 0 Å². The molecular formula is C20H16F3N3O. The van der Waals surface area contributed by atoms with Crippen molar-refractivity contribution in [3.05, 3.63) is 83.8 Å². The number of alkyl halides is 3. The summed E-state index contributed by atoms with van der Waals surface area (Å²) in [6.45, 7) is 0.218. The van der Waals surface area contributed by atoms with E-state index in [0.29, 0.717) is 11.3 Å². The summed E-state index contributed by atoms with van der Waals surface area (Å²) < 4.78 is 38.3. The number of hydrogen-bond donors (Lipinski definition) is 1. The zero-order valence-electron chi connectivity index (χ0n) is 14.2. The first-order valence-corrected chi connectivity index (χ1v) is 8.20.